The van der Waals surface area contributed by atoms with Crippen LogP contribution in [0.3, 0.4) is 0 Å². The molecule has 1 fully saturated rings. The van der Waals surface area contributed by atoms with Crippen LogP contribution in [0.4, 0.5) is 5.82 Å². The maximum Gasteiger partial charge on any atom is 0.150 e. The number of ether oxygens (including phenoxy) is 1. The van der Waals surface area contributed by atoms with Gasteiger partial charge in [-0.2, -0.15) is 0 Å². The molecule has 0 unspecified atom stereocenters. The molecule has 0 radical (unpaired) electrons. The highest BCUT2D eigenvalue weighted by Crippen LogP contribution is 2.25. The average Bonchev–Trinajstić information content (AvgIpc) is 2.92. The number of rotatable bonds is 4. The molecule has 2 aromatic rings. The van der Waals surface area contributed by atoms with Crippen molar-refractivity contribution in [1.82, 2.24) is 19.9 Å². The first-order chi connectivity index (χ1) is 10.7. The highest BCUT2D eigenvalue weighted by Gasteiger charge is 2.28. The fourth-order valence-corrected chi connectivity index (χ4v) is 3.23. The Morgan fingerprint density at radius 1 is 1.36 bits per heavy atom. The average molecular weight is 319 g/mol. The standard InChI is InChI=1S/C15H21N5OS/c1-10-6-14(16-3)19-15(17-10)13-8-21-5-4-20(13)7-12-9-22-11(2)18-12/h6,9,13H,4-5,7-8H2,1-3H3,(H,16,17,19)/t13-/m1/s1. The van der Waals surface area contributed by atoms with Crippen molar-refractivity contribution in [2.24, 2.45) is 0 Å². The van der Waals surface area contributed by atoms with Crippen molar-refractivity contribution in [2.45, 2.75) is 26.4 Å². The number of nitrogens with one attached hydrogen (secondary N) is 1. The molecular weight excluding hydrogens is 298 g/mol. The Balaban J connectivity index is 1.84. The quantitative estimate of drug-likeness (QED) is 0.932. The number of thiazole rings is 1. The topological polar surface area (TPSA) is 63.2 Å². The summed E-state index contributed by atoms with van der Waals surface area (Å²) in [5.74, 6) is 1.66. The zero-order valence-corrected chi connectivity index (χ0v) is 14.0. The number of hydrogen-bond donors (Lipinski definition) is 1. The van der Waals surface area contributed by atoms with E-state index in [2.05, 4.69) is 30.5 Å². The lowest BCUT2D eigenvalue weighted by Crippen LogP contribution is -2.40. The normalized spacial score (nSPS) is 19.3. The molecule has 6 nitrogen and oxygen atoms in total. The van der Waals surface area contributed by atoms with Gasteiger partial charge >= 0.3 is 0 Å². The van der Waals surface area contributed by atoms with Gasteiger partial charge in [-0.3, -0.25) is 4.90 Å². The molecule has 0 spiro atoms. The van der Waals surface area contributed by atoms with Crippen molar-refractivity contribution in [1.29, 1.82) is 0 Å². The number of nitrogens with zero attached hydrogens (tertiary/aromatic N) is 4. The first-order valence-corrected chi connectivity index (χ1v) is 8.30. The Labute approximate surface area is 134 Å². The fraction of sp³-hybridized carbons (Fsp3) is 0.533. The second-order valence-corrected chi connectivity index (χ2v) is 6.48. The Morgan fingerprint density at radius 3 is 2.95 bits per heavy atom. The Morgan fingerprint density at radius 2 is 2.23 bits per heavy atom. The molecule has 22 heavy (non-hydrogen) atoms. The molecule has 0 amide bonds. The molecule has 0 aliphatic carbocycles. The third-order valence-corrected chi connectivity index (χ3v) is 4.52. The van der Waals surface area contributed by atoms with E-state index in [1.807, 2.05) is 27.0 Å². The van der Waals surface area contributed by atoms with E-state index in [1.54, 1.807) is 11.3 Å². The summed E-state index contributed by atoms with van der Waals surface area (Å²) < 4.78 is 5.66. The van der Waals surface area contributed by atoms with Gasteiger partial charge in [0.25, 0.3) is 0 Å². The molecule has 1 aliphatic heterocycles. The van der Waals surface area contributed by atoms with E-state index < -0.39 is 0 Å². The highest BCUT2D eigenvalue weighted by molar-refractivity contribution is 7.09. The monoisotopic (exact) mass is 319 g/mol. The summed E-state index contributed by atoms with van der Waals surface area (Å²) in [6.07, 6.45) is 0. The molecule has 3 rings (SSSR count). The molecule has 0 bridgehead atoms. The molecule has 1 N–H and O–H groups in total. The maximum atomic E-state index is 5.66. The van der Waals surface area contributed by atoms with Crippen molar-refractivity contribution in [3.8, 4) is 0 Å². The summed E-state index contributed by atoms with van der Waals surface area (Å²) in [6.45, 7) is 7.07. The smallest absolute Gasteiger partial charge is 0.150 e. The van der Waals surface area contributed by atoms with E-state index in [4.69, 9.17) is 4.74 Å². The van der Waals surface area contributed by atoms with Gasteiger partial charge in [0, 0.05) is 37.3 Å². The third-order valence-electron chi connectivity index (χ3n) is 3.70. The van der Waals surface area contributed by atoms with Crippen LogP contribution in [0.1, 0.15) is 28.3 Å². The predicted molar refractivity (Wildman–Crippen MR) is 87.1 cm³/mol. The first kappa shape index (κ1) is 15.3. The Kier molecular flexibility index (Phi) is 4.66. The Hall–Kier alpha value is -1.57. The van der Waals surface area contributed by atoms with Crippen molar-refractivity contribution in [3.63, 3.8) is 0 Å². The summed E-state index contributed by atoms with van der Waals surface area (Å²) in [7, 11) is 1.87. The van der Waals surface area contributed by atoms with Crippen LogP contribution in [0.25, 0.3) is 0 Å². The Bertz CT molecular complexity index is 645. The van der Waals surface area contributed by atoms with Crippen LogP contribution in [0.15, 0.2) is 11.4 Å². The molecule has 1 atom stereocenters. The van der Waals surface area contributed by atoms with E-state index in [0.29, 0.717) is 6.61 Å². The van der Waals surface area contributed by atoms with Crippen LogP contribution in [-0.4, -0.2) is 46.7 Å². The number of anilines is 1. The van der Waals surface area contributed by atoms with E-state index in [-0.39, 0.29) is 6.04 Å². The van der Waals surface area contributed by atoms with E-state index in [1.165, 1.54) is 0 Å². The van der Waals surface area contributed by atoms with Gasteiger partial charge in [0.1, 0.15) is 11.6 Å². The molecule has 7 heteroatoms. The van der Waals surface area contributed by atoms with Crippen LogP contribution in [0, 0.1) is 13.8 Å². The first-order valence-electron chi connectivity index (χ1n) is 7.42. The second-order valence-electron chi connectivity index (χ2n) is 5.42. The van der Waals surface area contributed by atoms with Gasteiger partial charge in [-0.15, -0.1) is 11.3 Å². The highest BCUT2D eigenvalue weighted by atomic mass is 32.1. The van der Waals surface area contributed by atoms with Crippen LogP contribution in [0.5, 0.6) is 0 Å². The zero-order valence-electron chi connectivity index (χ0n) is 13.2. The summed E-state index contributed by atoms with van der Waals surface area (Å²) in [4.78, 5) is 16.1. The second kappa shape index (κ2) is 6.68. The minimum Gasteiger partial charge on any atom is -0.378 e. The summed E-state index contributed by atoms with van der Waals surface area (Å²) in [6, 6.07) is 2.02. The van der Waals surface area contributed by atoms with Crippen LogP contribution in [0.2, 0.25) is 0 Å². The SMILES string of the molecule is CNc1cc(C)nc([C@H]2COCCN2Cc2csc(C)n2)n1. The number of morpholine rings is 1. The van der Waals surface area contributed by atoms with Gasteiger partial charge < -0.3 is 10.1 Å². The number of aromatic nitrogens is 3. The lowest BCUT2D eigenvalue weighted by molar-refractivity contribution is -0.0164. The fourth-order valence-electron chi connectivity index (χ4n) is 2.62. The molecule has 3 heterocycles. The number of aryl methyl sites for hydroxylation is 2. The minimum atomic E-state index is 0.0720. The minimum absolute atomic E-state index is 0.0720. The van der Waals surface area contributed by atoms with Gasteiger partial charge in [0.15, 0.2) is 0 Å². The predicted octanol–water partition coefficient (Wildman–Crippen LogP) is 2.17. The van der Waals surface area contributed by atoms with Crippen molar-refractivity contribution in [2.75, 3.05) is 32.1 Å². The molecule has 1 saturated heterocycles. The van der Waals surface area contributed by atoms with E-state index in [0.717, 1.165) is 47.7 Å². The van der Waals surface area contributed by atoms with Gasteiger partial charge in [-0.25, -0.2) is 15.0 Å². The van der Waals surface area contributed by atoms with Gasteiger partial charge in [0.2, 0.25) is 0 Å². The van der Waals surface area contributed by atoms with Gasteiger partial charge in [-0.05, 0) is 13.8 Å². The third kappa shape index (κ3) is 3.43. The van der Waals surface area contributed by atoms with E-state index in [9.17, 15) is 0 Å². The largest absolute Gasteiger partial charge is 0.378 e. The lowest BCUT2D eigenvalue weighted by atomic mass is 10.2. The molecule has 0 aromatic carbocycles. The van der Waals surface area contributed by atoms with Crippen LogP contribution >= 0.6 is 11.3 Å². The lowest BCUT2D eigenvalue weighted by Gasteiger charge is -2.34. The van der Waals surface area contributed by atoms with Gasteiger partial charge in [-0.1, -0.05) is 0 Å². The summed E-state index contributed by atoms with van der Waals surface area (Å²) in [5, 5.41) is 6.32. The molecule has 2 aromatic heterocycles. The van der Waals surface area contributed by atoms with Crippen molar-refractivity contribution in [3.05, 3.63) is 33.7 Å². The molecule has 118 valence electrons. The van der Waals surface area contributed by atoms with Gasteiger partial charge in [0.05, 0.1) is 30.0 Å². The molecular formula is C15H21N5OS. The summed E-state index contributed by atoms with van der Waals surface area (Å²) >= 11 is 1.69. The van der Waals surface area contributed by atoms with Crippen LogP contribution in [-0.2, 0) is 11.3 Å². The molecule has 0 saturated carbocycles. The zero-order chi connectivity index (χ0) is 15.5. The summed E-state index contributed by atoms with van der Waals surface area (Å²) in [5.41, 5.74) is 2.07. The maximum absolute atomic E-state index is 5.66. The number of hydrogen-bond acceptors (Lipinski definition) is 7. The van der Waals surface area contributed by atoms with Crippen molar-refractivity contribution < 1.29 is 4.74 Å². The van der Waals surface area contributed by atoms with Crippen molar-refractivity contribution >= 4 is 17.2 Å². The van der Waals surface area contributed by atoms with Crippen LogP contribution < -0.4 is 5.32 Å². The molecule has 1 aliphatic rings. The van der Waals surface area contributed by atoms with E-state index >= 15 is 0 Å².